The van der Waals surface area contributed by atoms with Gasteiger partial charge in [0.15, 0.2) is 0 Å². The lowest BCUT2D eigenvalue weighted by Gasteiger charge is -2.34. The Morgan fingerprint density at radius 2 is 1.77 bits per heavy atom. The van der Waals surface area contributed by atoms with Crippen molar-refractivity contribution in [1.82, 2.24) is 19.5 Å². The summed E-state index contributed by atoms with van der Waals surface area (Å²) in [6.45, 7) is 7.50. The summed E-state index contributed by atoms with van der Waals surface area (Å²) in [5, 5.41) is 5.99. The summed E-state index contributed by atoms with van der Waals surface area (Å²) in [6.07, 6.45) is 0. The van der Waals surface area contributed by atoms with Crippen LogP contribution < -0.4 is 5.32 Å². The molecule has 7 nitrogen and oxygen atoms in total. The first-order valence-electron chi connectivity index (χ1n) is 9.42. The molecular weight excluding hydrogens is 467 g/mol. The average Bonchev–Trinajstić information content (AvgIpc) is 3.15. The van der Waals surface area contributed by atoms with Crippen molar-refractivity contribution in [2.24, 2.45) is 0 Å². The van der Waals surface area contributed by atoms with Crippen LogP contribution in [0.15, 0.2) is 28.5 Å². The van der Waals surface area contributed by atoms with E-state index in [1.807, 2.05) is 5.38 Å². The number of piperazine rings is 1. The number of carbonyl (C=O) groups excluding carboxylic acids is 1. The molecule has 0 aliphatic carbocycles. The number of thiazole rings is 1. The molecule has 0 radical (unpaired) electrons. The zero-order valence-electron chi connectivity index (χ0n) is 17.0. The van der Waals surface area contributed by atoms with E-state index in [2.05, 4.69) is 31.1 Å². The van der Waals surface area contributed by atoms with Crippen LogP contribution in [0.3, 0.4) is 0 Å². The largest absolute Gasteiger partial charge is 0.332 e. The second-order valence-corrected chi connectivity index (χ2v) is 11.5. The van der Waals surface area contributed by atoms with Gasteiger partial charge in [0.1, 0.15) is 4.90 Å². The highest BCUT2D eigenvalue weighted by molar-refractivity contribution is 7.89. The van der Waals surface area contributed by atoms with Crippen molar-refractivity contribution in [3.63, 3.8) is 0 Å². The monoisotopic (exact) mass is 490 g/mol. The Bertz CT molecular complexity index is 1010. The van der Waals surface area contributed by atoms with E-state index in [0.29, 0.717) is 6.54 Å². The summed E-state index contributed by atoms with van der Waals surface area (Å²) in [5.41, 5.74) is 0.784. The van der Waals surface area contributed by atoms with Crippen molar-refractivity contribution < 1.29 is 13.2 Å². The Morgan fingerprint density at radius 3 is 2.30 bits per heavy atom. The summed E-state index contributed by atoms with van der Waals surface area (Å²) in [4.78, 5) is 18.6. The van der Waals surface area contributed by atoms with E-state index in [9.17, 15) is 13.2 Å². The van der Waals surface area contributed by atoms with E-state index in [-0.39, 0.29) is 52.6 Å². The molecular formula is C19H24Cl2N4O3S2. The fourth-order valence-electron chi connectivity index (χ4n) is 3.00. The van der Waals surface area contributed by atoms with E-state index >= 15 is 0 Å². The van der Waals surface area contributed by atoms with Gasteiger partial charge in [-0.1, -0.05) is 50.0 Å². The van der Waals surface area contributed by atoms with Crippen molar-refractivity contribution in [3.8, 4) is 0 Å². The lowest BCUT2D eigenvalue weighted by Crippen LogP contribution is -2.53. The van der Waals surface area contributed by atoms with Crippen LogP contribution in [0.5, 0.6) is 0 Å². The maximum Gasteiger partial charge on any atom is 0.317 e. The molecule has 2 aromatic rings. The quantitative estimate of drug-likeness (QED) is 0.702. The summed E-state index contributed by atoms with van der Waals surface area (Å²) in [5.74, 6) is 0. The first-order chi connectivity index (χ1) is 14.0. The van der Waals surface area contributed by atoms with Gasteiger partial charge in [0, 0.05) is 37.0 Å². The number of rotatable bonds is 4. The average molecular weight is 491 g/mol. The molecule has 1 saturated heterocycles. The number of nitrogens with zero attached hydrogens (tertiary/aromatic N) is 3. The van der Waals surface area contributed by atoms with Gasteiger partial charge < -0.3 is 10.2 Å². The molecule has 0 unspecified atom stereocenters. The first-order valence-corrected chi connectivity index (χ1v) is 12.5. The molecule has 164 valence electrons. The molecule has 1 aliphatic rings. The van der Waals surface area contributed by atoms with Crippen LogP contribution in [-0.4, -0.2) is 54.8 Å². The van der Waals surface area contributed by atoms with Crippen molar-refractivity contribution in [2.75, 3.05) is 26.2 Å². The zero-order chi connectivity index (χ0) is 22.1. The van der Waals surface area contributed by atoms with Crippen LogP contribution in [0.4, 0.5) is 4.79 Å². The van der Waals surface area contributed by atoms with Gasteiger partial charge in [0.05, 0.1) is 27.3 Å². The Hall–Kier alpha value is -1.39. The summed E-state index contributed by atoms with van der Waals surface area (Å²) < 4.78 is 27.2. The topological polar surface area (TPSA) is 82.6 Å². The van der Waals surface area contributed by atoms with Crippen LogP contribution in [0, 0.1) is 0 Å². The van der Waals surface area contributed by atoms with Gasteiger partial charge in [-0.2, -0.15) is 4.31 Å². The molecule has 11 heteroatoms. The Labute approximate surface area is 191 Å². The standard InChI is InChI=1S/C19H24Cl2N4O3S2/c1-19(2,3)17-23-13(12-29-17)11-22-18(26)24-7-9-25(10-8-24)30(27,28)16-14(20)5-4-6-15(16)21/h4-6,12H,7-11H2,1-3H3,(H,22,26). The molecule has 30 heavy (non-hydrogen) atoms. The Kier molecular flexibility index (Phi) is 6.98. The SMILES string of the molecule is CC(C)(C)c1nc(CNC(=O)N2CCN(S(=O)(=O)c3c(Cl)cccc3Cl)CC2)cs1. The lowest BCUT2D eigenvalue weighted by molar-refractivity contribution is 0.172. The number of amides is 2. The normalized spacial score (nSPS) is 16.0. The fraction of sp³-hybridized carbons (Fsp3) is 0.474. The summed E-state index contributed by atoms with van der Waals surface area (Å²) in [7, 11) is -3.84. The van der Waals surface area contributed by atoms with Gasteiger partial charge in [0.2, 0.25) is 10.0 Å². The number of hydrogen-bond donors (Lipinski definition) is 1. The van der Waals surface area contributed by atoms with E-state index in [1.165, 1.54) is 16.4 Å². The van der Waals surface area contributed by atoms with Crippen LogP contribution in [-0.2, 0) is 22.0 Å². The van der Waals surface area contributed by atoms with Gasteiger partial charge in [-0.3, -0.25) is 0 Å². The third kappa shape index (κ3) is 5.08. The van der Waals surface area contributed by atoms with Crippen LogP contribution in [0.1, 0.15) is 31.5 Å². The van der Waals surface area contributed by atoms with Gasteiger partial charge >= 0.3 is 6.03 Å². The van der Waals surface area contributed by atoms with Gasteiger partial charge in [0.25, 0.3) is 0 Å². The van der Waals surface area contributed by atoms with Crippen LogP contribution in [0.25, 0.3) is 0 Å². The minimum atomic E-state index is -3.84. The smallest absolute Gasteiger partial charge is 0.317 e. The molecule has 2 amide bonds. The van der Waals surface area contributed by atoms with Gasteiger partial charge in [-0.25, -0.2) is 18.2 Å². The predicted molar refractivity (Wildman–Crippen MR) is 120 cm³/mol. The third-order valence-electron chi connectivity index (χ3n) is 4.66. The minimum Gasteiger partial charge on any atom is -0.332 e. The van der Waals surface area contributed by atoms with Gasteiger partial charge in [-0.15, -0.1) is 11.3 Å². The second-order valence-electron chi connectivity index (χ2n) is 7.99. The summed E-state index contributed by atoms with van der Waals surface area (Å²) >= 11 is 13.7. The van der Waals surface area contributed by atoms with Crippen molar-refractivity contribution in [1.29, 1.82) is 0 Å². The highest BCUT2D eigenvalue weighted by Crippen LogP contribution is 2.32. The molecule has 0 spiro atoms. The highest BCUT2D eigenvalue weighted by Gasteiger charge is 2.33. The number of hydrogen-bond acceptors (Lipinski definition) is 5. The number of urea groups is 1. The molecule has 3 rings (SSSR count). The number of halogens is 2. The number of nitrogens with one attached hydrogen (secondary N) is 1. The predicted octanol–water partition coefficient (Wildman–Crippen LogP) is 3.96. The third-order valence-corrected chi connectivity index (χ3v) is 8.83. The molecule has 1 aliphatic heterocycles. The van der Waals surface area contributed by atoms with E-state index in [1.54, 1.807) is 22.3 Å². The van der Waals surface area contributed by atoms with Crippen molar-refractivity contribution >= 4 is 50.6 Å². The molecule has 0 bridgehead atoms. The molecule has 1 aromatic heterocycles. The van der Waals surface area contributed by atoms with E-state index < -0.39 is 10.0 Å². The molecule has 1 aromatic carbocycles. The summed E-state index contributed by atoms with van der Waals surface area (Å²) in [6, 6.07) is 4.34. The molecule has 0 atom stereocenters. The van der Waals surface area contributed by atoms with E-state index in [0.717, 1.165) is 10.7 Å². The highest BCUT2D eigenvalue weighted by atomic mass is 35.5. The Morgan fingerprint density at radius 1 is 1.17 bits per heavy atom. The number of aromatic nitrogens is 1. The zero-order valence-corrected chi connectivity index (χ0v) is 20.1. The number of benzene rings is 1. The molecule has 0 saturated carbocycles. The second kappa shape index (κ2) is 9.00. The maximum atomic E-state index is 12.9. The molecule has 1 N–H and O–H groups in total. The van der Waals surface area contributed by atoms with Crippen LogP contribution in [0.2, 0.25) is 10.0 Å². The molecule has 2 heterocycles. The fourth-order valence-corrected chi connectivity index (χ4v) is 6.42. The number of carbonyl (C=O) groups is 1. The minimum absolute atomic E-state index is 0.0285. The first kappa shape index (κ1) is 23.3. The molecule has 1 fully saturated rings. The van der Waals surface area contributed by atoms with Crippen molar-refractivity contribution in [2.45, 2.75) is 37.6 Å². The lowest BCUT2D eigenvalue weighted by atomic mass is 9.98. The van der Waals surface area contributed by atoms with Gasteiger partial charge in [-0.05, 0) is 12.1 Å². The van der Waals surface area contributed by atoms with E-state index in [4.69, 9.17) is 23.2 Å². The number of sulfonamides is 1. The van der Waals surface area contributed by atoms with Crippen LogP contribution >= 0.6 is 34.5 Å². The Balaban J connectivity index is 1.57. The maximum absolute atomic E-state index is 12.9. The van der Waals surface area contributed by atoms with Crippen molar-refractivity contribution in [3.05, 3.63) is 44.3 Å².